The summed E-state index contributed by atoms with van der Waals surface area (Å²) in [6, 6.07) is 8.44. The highest BCUT2D eigenvalue weighted by Crippen LogP contribution is 2.22. The van der Waals surface area contributed by atoms with Crippen molar-refractivity contribution in [3.05, 3.63) is 47.9 Å². The van der Waals surface area contributed by atoms with Crippen molar-refractivity contribution in [3.63, 3.8) is 0 Å². The van der Waals surface area contributed by atoms with Crippen molar-refractivity contribution in [1.82, 2.24) is 9.97 Å². The Balaban J connectivity index is 1.65. The van der Waals surface area contributed by atoms with E-state index in [1.165, 1.54) is 12.4 Å². The van der Waals surface area contributed by atoms with Crippen LogP contribution in [0.3, 0.4) is 0 Å². The molecule has 2 heterocycles. The van der Waals surface area contributed by atoms with E-state index in [0.29, 0.717) is 24.5 Å². The van der Waals surface area contributed by atoms with Gasteiger partial charge in [-0.25, -0.2) is 18.7 Å². The fourth-order valence-corrected chi connectivity index (χ4v) is 2.68. The van der Waals surface area contributed by atoms with Crippen molar-refractivity contribution in [2.24, 2.45) is 5.73 Å². The van der Waals surface area contributed by atoms with Gasteiger partial charge in [0.1, 0.15) is 17.8 Å². The molecule has 6 nitrogen and oxygen atoms in total. The Morgan fingerprint density at radius 1 is 1.04 bits per heavy atom. The number of hydrogen-bond donors (Lipinski definition) is 1. The van der Waals surface area contributed by atoms with Crippen molar-refractivity contribution in [1.29, 1.82) is 0 Å². The summed E-state index contributed by atoms with van der Waals surface area (Å²) in [7, 11) is 0. The van der Waals surface area contributed by atoms with Gasteiger partial charge in [0.25, 0.3) is 6.43 Å². The predicted molar refractivity (Wildman–Crippen MR) is 86.4 cm³/mol. The molecule has 2 N–H and O–H groups in total. The summed E-state index contributed by atoms with van der Waals surface area (Å²) in [5.74, 6) is 0.0639. The van der Waals surface area contributed by atoms with Crippen LogP contribution in [0.5, 0.6) is 0 Å². The molecular weight excluding hydrogens is 316 g/mol. The third-order valence-electron chi connectivity index (χ3n) is 4.02. The van der Waals surface area contributed by atoms with E-state index in [0.717, 1.165) is 18.8 Å². The number of nitrogens with two attached hydrogens (primary N) is 1. The number of nitrogens with zero attached hydrogens (tertiary/aromatic N) is 4. The minimum atomic E-state index is -2.60. The molecule has 1 amide bonds. The molecule has 1 aromatic carbocycles. The highest BCUT2D eigenvalue weighted by molar-refractivity contribution is 5.93. The lowest BCUT2D eigenvalue weighted by Crippen LogP contribution is -2.46. The lowest BCUT2D eigenvalue weighted by molar-refractivity contribution is 0.1000. The molecular formula is C16H17F2N5O. The normalized spacial score (nSPS) is 15.0. The third kappa shape index (κ3) is 3.42. The van der Waals surface area contributed by atoms with E-state index in [1.807, 2.05) is 17.0 Å². The zero-order valence-electron chi connectivity index (χ0n) is 12.9. The van der Waals surface area contributed by atoms with Gasteiger partial charge in [-0.1, -0.05) is 0 Å². The molecule has 0 aliphatic carbocycles. The number of amides is 1. The molecule has 2 aromatic rings. The van der Waals surface area contributed by atoms with Crippen LogP contribution in [0.4, 0.5) is 20.3 Å². The zero-order chi connectivity index (χ0) is 17.1. The number of aromatic nitrogens is 2. The van der Waals surface area contributed by atoms with E-state index < -0.39 is 12.3 Å². The quantitative estimate of drug-likeness (QED) is 0.924. The molecule has 1 aromatic heterocycles. The van der Waals surface area contributed by atoms with E-state index in [1.54, 1.807) is 12.1 Å². The number of alkyl halides is 2. The van der Waals surface area contributed by atoms with Crippen LogP contribution in [0.2, 0.25) is 0 Å². The van der Waals surface area contributed by atoms with Gasteiger partial charge >= 0.3 is 0 Å². The topological polar surface area (TPSA) is 75.4 Å². The van der Waals surface area contributed by atoms with Gasteiger partial charge in [-0.15, -0.1) is 0 Å². The molecule has 8 heteroatoms. The lowest BCUT2D eigenvalue weighted by Gasteiger charge is -2.36. The fourth-order valence-electron chi connectivity index (χ4n) is 2.68. The monoisotopic (exact) mass is 333 g/mol. The van der Waals surface area contributed by atoms with Crippen LogP contribution >= 0.6 is 0 Å². The van der Waals surface area contributed by atoms with E-state index in [4.69, 9.17) is 5.73 Å². The Kier molecular flexibility index (Phi) is 4.54. The van der Waals surface area contributed by atoms with Crippen molar-refractivity contribution in [2.75, 3.05) is 36.0 Å². The van der Waals surface area contributed by atoms with Crippen LogP contribution in [-0.4, -0.2) is 42.1 Å². The van der Waals surface area contributed by atoms with E-state index in [2.05, 4.69) is 14.9 Å². The van der Waals surface area contributed by atoms with Crippen LogP contribution in [0, 0.1) is 0 Å². The average Bonchev–Trinajstić information content (AvgIpc) is 2.62. The molecule has 1 saturated heterocycles. The van der Waals surface area contributed by atoms with Crippen LogP contribution in [0.15, 0.2) is 36.7 Å². The van der Waals surface area contributed by atoms with Crippen molar-refractivity contribution < 1.29 is 13.6 Å². The minimum absolute atomic E-state index is 0.260. The van der Waals surface area contributed by atoms with Crippen LogP contribution in [0.25, 0.3) is 0 Å². The van der Waals surface area contributed by atoms with Gasteiger partial charge in [0.15, 0.2) is 0 Å². The minimum Gasteiger partial charge on any atom is -0.368 e. The predicted octanol–water partition coefficient (Wildman–Crippen LogP) is 1.84. The van der Waals surface area contributed by atoms with Crippen molar-refractivity contribution >= 4 is 17.4 Å². The summed E-state index contributed by atoms with van der Waals surface area (Å²) in [4.78, 5) is 22.9. The molecule has 0 radical (unpaired) electrons. The van der Waals surface area contributed by atoms with Gasteiger partial charge < -0.3 is 15.5 Å². The summed E-state index contributed by atoms with van der Waals surface area (Å²) >= 11 is 0. The first kappa shape index (κ1) is 16.1. The van der Waals surface area contributed by atoms with Gasteiger partial charge in [-0.3, -0.25) is 4.79 Å². The first-order chi connectivity index (χ1) is 11.5. The van der Waals surface area contributed by atoms with Crippen LogP contribution in [-0.2, 0) is 0 Å². The Morgan fingerprint density at radius 3 is 2.25 bits per heavy atom. The summed E-state index contributed by atoms with van der Waals surface area (Å²) in [6.07, 6.45) is -1.43. The number of carbonyl (C=O) groups is 1. The Hall–Kier alpha value is -2.77. The molecule has 1 aliphatic rings. The average molecular weight is 333 g/mol. The molecule has 0 spiro atoms. The number of piperazine rings is 1. The van der Waals surface area contributed by atoms with Crippen molar-refractivity contribution in [2.45, 2.75) is 6.43 Å². The third-order valence-corrected chi connectivity index (χ3v) is 4.02. The Labute approximate surface area is 137 Å². The maximum atomic E-state index is 12.7. The number of primary amides is 1. The summed E-state index contributed by atoms with van der Waals surface area (Å²) in [5.41, 5.74) is 6.44. The second-order valence-electron chi connectivity index (χ2n) is 5.49. The van der Waals surface area contributed by atoms with Crippen LogP contribution in [0.1, 0.15) is 22.5 Å². The van der Waals surface area contributed by atoms with Gasteiger partial charge in [-0.05, 0) is 24.3 Å². The lowest BCUT2D eigenvalue weighted by atomic mass is 10.1. The van der Waals surface area contributed by atoms with E-state index in [9.17, 15) is 13.6 Å². The number of carbonyl (C=O) groups excluding carboxylic acids is 1. The first-order valence-electron chi connectivity index (χ1n) is 7.54. The Bertz CT molecular complexity index is 715. The molecule has 0 saturated carbocycles. The van der Waals surface area contributed by atoms with E-state index in [-0.39, 0.29) is 5.69 Å². The molecule has 126 valence electrons. The van der Waals surface area contributed by atoms with Gasteiger partial charge in [-0.2, -0.15) is 0 Å². The largest absolute Gasteiger partial charge is 0.368 e. The van der Waals surface area contributed by atoms with Gasteiger partial charge in [0.2, 0.25) is 5.91 Å². The van der Waals surface area contributed by atoms with Gasteiger partial charge in [0, 0.05) is 43.5 Å². The zero-order valence-corrected chi connectivity index (χ0v) is 12.9. The number of rotatable bonds is 4. The SMILES string of the molecule is NC(=O)c1ccc(N2CCN(c3cc(C(F)F)ncn3)CC2)cc1. The van der Waals surface area contributed by atoms with Crippen LogP contribution < -0.4 is 15.5 Å². The molecule has 0 atom stereocenters. The number of anilines is 2. The summed E-state index contributed by atoms with van der Waals surface area (Å²) in [5, 5.41) is 0. The highest BCUT2D eigenvalue weighted by Gasteiger charge is 2.20. The smallest absolute Gasteiger partial charge is 0.280 e. The summed E-state index contributed by atoms with van der Waals surface area (Å²) in [6.45, 7) is 2.78. The summed E-state index contributed by atoms with van der Waals surface area (Å²) < 4.78 is 25.5. The molecule has 1 fully saturated rings. The molecule has 3 rings (SSSR count). The molecule has 0 unspecified atom stereocenters. The maximum absolute atomic E-state index is 12.7. The molecule has 0 bridgehead atoms. The number of hydrogen-bond acceptors (Lipinski definition) is 5. The Morgan fingerprint density at radius 2 is 1.67 bits per heavy atom. The maximum Gasteiger partial charge on any atom is 0.280 e. The second kappa shape index (κ2) is 6.77. The highest BCUT2D eigenvalue weighted by atomic mass is 19.3. The first-order valence-corrected chi connectivity index (χ1v) is 7.54. The standard InChI is InChI=1S/C16H17F2N5O/c17-15(18)13-9-14(21-10-20-13)23-7-5-22(6-8-23)12-3-1-11(2-4-12)16(19)24/h1-4,9-10,15H,5-8H2,(H2,19,24). The fraction of sp³-hybridized carbons (Fsp3) is 0.312. The van der Waals surface area contributed by atoms with E-state index >= 15 is 0 Å². The second-order valence-corrected chi connectivity index (χ2v) is 5.49. The number of halogens is 2. The number of benzene rings is 1. The molecule has 1 aliphatic heterocycles. The molecule has 24 heavy (non-hydrogen) atoms. The van der Waals surface area contributed by atoms with Gasteiger partial charge in [0.05, 0.1) is 0 Å². The van der Waals surface area contributed by atoms with Crippen molar-refractivity contribution in [3.8, 4) is 0 Å².